The van der Waals surface area contributed by atoms with Crippen molar-refractivity contribution in [3.63, 3.8) is 0 Å². The highest BCUT2D eigenvalue weighted by Crippen LogP contribution is 2.10. The third-order valence-electron chi connectivity index (χ3n) is 4.42. The lowest BCUT2D eigenvalue weighted by Crippen LogP contribution is -2.20. The van der Waals surface area contributed by atoms with Gasteiger partial charge in [-0.2, -0.15) is 0 Å². The van der Waals surface area contributed by atoms with E-state index in [1.165, 1.54) is 25.7 Å². The molecule has 0 spiro atoms. The van der Waals surface area contributed by atoms with Crippen molar-refractivity contribution < 1.29 is 28.5 Å². The third kappa shape index (κ3) is 23.5. The van der Waals surface area contributed by atoms with E-state index in [1.807, 2.05) is 13.8 Å². The Morgan fingerprint density at radius 1 is 0.724 bits per heavy atom. The molecule has 0 bridgehead atoms. The van der Waals surface area contributed by atoms with Gasteiger partial charge in [0.25, 0.3) is 0 Å². The van der Waals surface area contributed by atoms with Crippen molar-refractivity contribution >= 4 is 5.97 Å². The summed E-state index contributed by atoms with van der Waals surface area (Å²) in [4.78, 5) is 11.7. The van der Waals surface area contributed by atoms with Gasteiger partial charge >= 0.3 is 5.97 Å². The van der Waals surface area contributed by atoms with Crippen molar-refractivity contribution in [2.24, 2.45) is 5.92 Å². The van der Waals surface area contributed by atoms with Crippen LogP contribution in [0.3, 0.4) is 0 Å². The molecule has 6 nitrogen and oxygen atoms in total. The first kappa shape index (κ1) is 28.3. The third-order valence-corrected chi connectivity index (χ3v) is 4.42. The maximum Gasteiger partial charge on any atom is 0.305 e. The van der Waals surface area contributed by atoms with Crippen LogP contribution < -0.4 is 0 Å². The number of carbonyl (C=O) groups excluding carboxylic acids is 1. The largest absolute Gasteiger partial charge is 0.466 e. The SMILES string of the molecule is CCOCCOCC(C)OCCOCCCC(=O)OCCCCCCCC(C)C. The van der Waals surface area contributed by atoms with Crippen LogP contribution in [0.2, 0.25) is 0 Å². The number of unbranched alkanes of at least 4 members (excludes halogenated alkanes) is 4. The summed E-state index contributed by atoms with van der Waals surface area (Å²) in [6, 6.07) is 0. The van der Waals surface area contributed by atoms with Gasteiger partial charge in [-0.1, -0.05) is 46.0 Å². The topological polar surface area (TPSA) is 63.2 Å². The molecule has 29 heavy (non-hydrogen) atoms. The van der Waals surface area contributed by atoms with Crippen molar-refractivity contribution in [1.82, 2.24) is 0 Å². The predicted octanol–water partition coefficient (Wildman–Crippen LogP) is 4.78. The highest BCUT2D eigenvalue weighted by Gasteiger charge is 2.04. The molecule has 0 aromatic rings. The minimum atomic E-state index is -0.123. The quantitative estimate of drug-likeness (QED) is 0.186. The van der Waals surface area contributed by atoms with E-state index in [4.69, 9.17) is 23.7 Å². The molecular weight excluding hydrogens is 372 g/mol. The Labute approximate surface area is 178 Å². The summed E-state index contributed by atoms with van der Waals surface area (Å²) >= 11 is 0. The average Bonchev–Trinajstić information content (AvgIpc) is 2.68. The molecular formula is C23H46O6. The van der Waals surface area contributed by atoms with E-state index in [2.05, 4.69) is 13.8 Å². The predicted molar refractivity (Wildman–Crippen MR) is 116 cm³/mol. The Balaban J connectivity index is 3.27. The standard InChI is InChI=1S/C23H46O6/c1-5-25-16-17-27-20-22(4)28-19-18-26-14-11-13-23(24)29-15-10-8-6-7-9-12-21(2)3/h21-22H,5-20H2,1-4H3. The van der Waals surface area contributed by atoms with Crippen molar-refractivity contribution in [3.05, 3.63) is 0 Å². The highest BCUT2D eigenvalue weighted by atomic mass is 16.6. The van der Waals surface area contributed by atoms with Crippen molar-refractivity contribution in [1.29, 1.82) is 0 Å². The zero-order valence-electron chi connectivity index (χ0n) is 19.4. The highest BCUT2D eigenvalue weighted by molar-refractivity contribution is 5.69. The van der Waals surface area contributed by atoms with Crippen molar-refractivity contribution in [3.8, 4) is 0 Å². The number of rotatable bonds is 22. The van der Waals surface area contributed by atoms with Gasteiger partial charge in [-0.15, -0.1) is 0 Å². The maximum atomic E-state index is 11.7. The second-order valence-electron chi connectivity index (χ2n) is 7.84. The molecule has 0 saturated heterocycles. The molecule has 0 aliphatic heterocycles. The molecule has 0 amide bonds. The van der Waals surface area contributed by atoms with E-state index in [1.54, 1.807) is 0 Å². The molecule has 6 heteroatoms. The number of hydrogen-bond donors (Lipinski definition) is 0. The molecule has 0 fully saturated rings. The summed E-state index contributed by atoms with van der Waals surface area (Å²) in [6.07, 6.45) is 8.38. The molecule has 1 atom stereocenters. The molecule has 0 saturated carbocycles. The van der Waals surface area contributed by atoms with Crippen LogP contribution in [0.4, 0.5) is 0 Å². The molecule has 174 valence electrons. The van der Waals surface area contributed by atoms with Gasteiger partial charge in [0.2, 0.25) is 0 Å². The first-order chi connectivity index (χ1) is 14.1. The van der Waals surface area contributed by atoms with E-state index in [0.29, 0.717) is 65.7 Å². The second kappa shape index (κ2) is 22.0. The Bertz CT molecular complexity index is 348. The number of hydrogen-bond acceptors (Lipinski definition) is 6. The van der Waals surface area contributed by atoms with Gasteiger partial charge in [-0.05, 0) is 32.6 Å². The minimum absolute atomic E-state index is 0.0328. The first-order valence-corrected chi connectivity index (χ1v) is 11.6. The van der Waals surface area contributed by atoms with Crippen LogP contribution in [0.25, 0.3) is 0 Å². The average molecular weight is 419 g/mol. The van der Waals surface area contributed by atoms with Crippen LogP contribution in [0.15, 0.2) is 0 Å². The van der Waals surface area contributed by atoms with Gasteiger partial charge in [0.1, 0.15) is 0 Å². The number of carbonyl (C=O) groups is 1. The summed E-state index contributed by atoms with van der Waals surface area (Å²) in [7, 11) is 0. The van der Waals surface area contributed by atoms with Gasteiger partial charge in [0, 0.05) is 19.6 Å². The van der Waals surface area contributed by atoms with E-state index < -0.39 is 0 Å². The van der Waals surface area contributed by atoms with Gasteiger partial charge in [0.15, 0.2) is 0 Å². The van der Waals surface area contributed by atoms with Gasteiger partial charge in [0.05, 0.1) is 45.7 Å². The summed E-state index contributed by atoms with van der Waals surface area (Å²) in [5.41, 5.74) is 0. The van der Waals surface area contributed by atoms with Gasteiger partial charge < -0.3 is 23.7 Å². The van der Waals surface area contributed by atoms with Gasteiger partial charge in [-0.3, -0.25) is 4.79 Å². The molecule has 0 aliphatic carbocycles. The summed E-state index contributed by atoms with van der Waals surface area (Å²) in [6.45, 7) is 13.1. The fraction of sp³-hybridized carbons (Fsp3) is 0.957. The second-order valence-corrected chi connectivity index (χ2v) is 7.84. The van der Waals surface area contributed by atoms with Crippen molar-refractivity contribution in [2.45, 2.75) is 85.2 Å². The normalized spacial score (nSPS) is 12.4. The fourth-order valence-electron chi connectivity index (χ4n) is 2.73. The summed E-state index contributed by atoms with van der Waals surface area (Å²) in [5.74, 6) is 0.675. The number of esters is 1. The summed E-state index contributed by atoms with van der Waals surface area (Å²) < 4.78 is 27.0. The molecule has 0 aromatic carbocycles. The molecule has 0 rings (SSSR count). The fourth-order valence-corrected chi connectivity index (χ4v) is 2.73. The van der Waals surface area contributed by atoms with Crippen LogP contribution in [0, 0.1) is 5.92 Å². The number of ether oxygens (including phenoxy) is 5. The Kier molecular flexibility index (Phi) is 21.5. The van der Waals surface area contributed by atoms with Crippen LogP contribution in [-0.4, -0.2) is 64.9 Å². The van der Waals surface area contributed by atoms with E-state index in [9.17, 15) is 4.79 Å². The van der Waals surface area contributed by atoms with Crippen LogP contribution >= 0.6 is 0 Å². The maximum absolute atomic E-state index is 11.7. The monoisotopic (exact) mass is 418 g/mol. The molecule has 0 N–H and O–H groups in total. The lowest BCUT2D eigenvalue weighted by atomic mass is 10.0. The Morgan fingerprint density at radius 3 is 2.17 bits per heavy atom. The molecule has 0 heterocycles. The molecule has 0 aliphatic rings. The van der Waals surface area contributed by atoms with E-state index >= 15 is 0 Å². The Morgan fingerprint density at radius 2 is 1.41 bits per heavy atom. The molecule has 0 radical (unpaired) electrons. The lowest BCUT2D eigenvalue weighted by Gasteiger charge is -2.13. The summed E-state index contributed by atoms with van der Waals surface area (Å²) in [5, 5.41) is 0. The van der Waals surface area contributed by atoms with Gasteiger partial charge in [-0.25, -0.2) is 0 Å². The van der Waals surface area contributed by atoms with Crippen LogP contribution in [0.5, 0.6) is 0 Å². The molecule has 0 aromatic heterocycles. The minimum Gasteiger partial charge on any atom is -0.466 e. The zero-order valence-corrected chi connectivity index (χ0v) is 19.4. The Hall–Kier alpha value is -0.690. The van der Waals surface area contributed by atoms with E-state index in [0.717, 1.165) is 18.8 Å². The molecule has 1 unspecified atom stereocenters. The van der Waals surface area contributed by atoms with E-state index in [-0.39, 0.29) is 12.1 Å². The van der Waals surface area contributed by atoms with Crippen LogP contribution in [0.1, 0.15) is 79.1 Å². The van der Waals surface area contributed by atoms with Crippen LogP contribution in [-0.2, 0) is 28.5 Å². The van der Waals surface area contributed by atoms with Crippen molar-refractivity contribution in [2.75, 3.05) is 52.9 Å². The smallest absolute Gasteiger partial charge is 0.305 e. The lowest BCUT2D eigenvalue weighted by molar-refractivity contribution is -0.144. The zero-order chi connectivity index (χ0) is 21.6. The first-order valence-electron chi connectivity index (χ1n) is 11.6.